The Kier molecular flexibility index (Phi) is 6.84. The van der Waals surface area contributed by atoms with Gasteiger partial charge in [-0.3, -0.25) is 9.59 Å². The first-order chi connectivity index (χ1) is 12.3. The standard InChI is InChI=1S/C16H14Cl2N2O5S/c1-8(25-12-3-2-9(17)6-11(12)18)16(23)24-7-13(21)20-15-10(14(19)22)4-5-26-15/h2-6,8H,7H2,1H3,(H2,19,22)(H,20,21). The molecule has 0 saturated heterocycles. The number of halogens is 2. The molecule has 0 bridgehead atoms. The highest BCUT2D eigenvalue weighted by Crippen LogP contribution is 2.28. The lowest BCUT2D eigenvalue weighted by Crippen LogP contribution is -2.30. The fourth-order valence-corrected chi connectivity index (χ4v) is 3.09. The van der Waals surface area contributed by atoms with Gasteiger partial charge in [0.05, 0.1) is 10.6 Å². The van der Waals surface area contributed by atoms with Gasteiger partial charge in [-0.2, -0.15) is 0 Å². The molecule has 2 amide bonds. The third kappa shape index (κ3) is 5.35. The normalized spacial score (nSPS) is 11.5. The van der Waals surface area contributed by atoms with Crippen molar-refractivity contribution in [2.45, 2.75) is 13.0 Å². The largest absolute Gasteiger partial charge is 0.477 e. The first-order valence-corrected chi connectivity index (χ1v) is 8.87. The Morgan fingerprint density at radius 3 is 2.65 bits per heavy atom. The Morgan fingerprint density at radius 1 is 1.27 bits per heavy atom. The number of nitrogens with two attached hydrogens (primary N) is 1. The minimum Gasteiger partial charge on any atom is -0.477 e. The minimum absolute atomic E-state index is 0.184. The highest BCUT2D eigenvalue weighted by Gasteiger charge is 2.20. The molecule has 1 heterocycles. The summed E-state index contributed by atoms with van der Waals surface area (Å²) in [5.74, 6) is -1.78. The van der Waals surface area contributed by atoms with Crippen LogP contribution in [0.25, 0.3) is 0 Å². The Labute approximate surface area is 163 Å². The summed E-state index contributed by atoms with van der Waals surface area (Å²) in [5.41, 5.74) is 5.37. The summed E-state index contributed by atoms with van der Waals surface area (Å²) in [6.45, 7) is 0.909. The number of nitrogens with one attached hydrogen (secondary N) is 1. The van der Waals surface area contributed by atoms with Crippen LogP contribution in [0.5, 0.6) is 5.75 Å². The van der Waals surface area contributed by atoms with E-state index in [2.05, 4.69) is 5.32 Å². The van der Waals surface area contributed by atoms with Crippen LogP contribution in [0.2, 0.25) is 10.0 Å². The molecule has 0 spiro atoms. The SMILES string of the molecule is CC(Oc1ccc(Cl)cc1Cl)C(=O)OCC(=O)Nc1sccc1C(N)=O. The van der Waals surface area contributed by atoms with Gasteiger partial charge in [0.25, 0.3) is 11.8 Å². The zero-order chi connectivity index (χ0) is 19.3. The summed E-state index contributed by atoms with van der Waals surface area (Å²) in [5, 5.41) is 5.02. The highest BCUT2D eigenvalue weighted by molar-refractivity contribution is 7.14. The fraction of sp³-hybridized carbons (Fsp3) is 0.188. The molecule has 0 aliphatic carbocycles. The smallest absolute Gasteiger partial charge is 0.347 e. The van der Waals surface area contributed by atoms with E-state index in [-0.39, 0.29) is 21.3 Å². The summed E-state index contributed by atoms with van der Waals surface area (Å²) < 4.78 is 10.3. The number of benzene rings is 1. The molecule has 0 fully saturated rings. The molecule has 1 atom stereocenters. The zero-order valence-electron chi connectivity index (χ0n) is 13.5. The van der Waals surface area contributed by atoms with Crippen molar-refractivity contribution >= 4 is 57.3 Å². The molecule has 0 aliphatic heterocycles. The van der Waals surface area contributed by atoms with E-state index in [4.69, 9.17) is 38.4 Å². The fourth-order valence-electron chi connectivity index (χ4n) is 1.83. The molecular formula is C16H14Cl2N2O5S. The van der Waals surface area contributed by atoms with Gasteiger partial charge in [0.15, 0.2) is 12.7 Å². The van der Waals surface area contributed by atoms with Crippen LogP contribution in [-0.4, -0.2) is 30.5 Å². The van der Waals surface area contributed by atoms with Crippen molar-refractivity contribution in [3.63, 3.8) is 0 Å². The van der Waals surface area contributed by atoms with Gasteiger partial charge in [-0.25, -0.2) is 4.79 Å². The molecule has 3 N–H and O–H groups in total. The van der Waals surface area contributed by atoms with E-state index in [0.717, 1.165) is 11.3 Å². The van der Waals surface area contributed by atoms with Crippen LogP contribution in [0, 0.1) is 0 Å². The van der Waals surface area contributed by atoms with Crippen molar-refractivity contribution in [2.75, 3.05) is 11.9 Å². The minimum atomic E-state index is -0.996. The number of amides is 2. The summed E-state index contributed by atoms with van der Waals surface area (Å²) in [6.07, 6.45) is -0.996. The third-order valence-corrected chi connectivity index (χ3v) is 4.42. The average molecular weight is 417 g/mol. The maximum Gasteiger partial charge on any atom is 0.347 e. The van der Waals surface area contributed by atoms with Crippen molar-refractivity contribution in [1.82, 2.24) is 0 Å². The highest BCUT2D eigenvalue weighted by atomic mass is 35.5. The molecule has 26 heavy (non-hydrogen) atoms. The summed E-state index contributed by atoms with van der Waals surface area (Å²) in [7, 11) is 0. The number of carbonyl (C=O) groups is 3. The number of thiophene rings is 1. The molecule has 7 nitrogen and oxygen atoms in total. The molecule has 0 radical (unpaired) electrons. The Morgan fingerprint density at radius 2 is 2.00 bits per heavy atom. The van der Waals surface area contributed by atoms with Gasteiger partial charge in [-0.1, -0.05) is 23.2 Å². The third-order valence-electron chi connectivity index (χ3n) is 3.06. The molecule has 10 heteroatoms. The van der Waals surface area contributed by atoms with Crippen LogP contribution < -0.4 is 15.8 Å². The summed E-state index contributed by atoms with van der Waals surface area (Å²) in [4.78, 5) is 35.0. The van der Waals surface area contributed by atoms with Gasteiger partial charge in [0.1, 0.15) is 10.8 Å². The van der Waals surface area contributed by atoms with Gasteiger partial charge in [-0.15, -0.1) is 11.3 Å². The van der Waals surface area contributed by atoms with Crippen molar-refractivity contribution in [2.24, 2.45) is 5.73 Å². The first-order valence-electron chi connectivity index (χ1n) is 7.23. The van der Waals surface area contributed by atoms with Crippen molar-refractivity contribution in [3.05, 3.63) is 45.3 Å². The molecule has 1 unspecified atom stereocenters. The lowest BCUT2D eigenvalue weighted by Gasteiger charge is -2.15. The number of ether oxygens (including phenoxy) is 2. The van der Waals surface area contributed by atoms with Crippen LogP contribution in [0.3, 0.4) is 0 Å². The van der Waals surface area contributed by atoms with E-state index in [9.17, 15) is 14.4 Å². The van der Waals surface area contributed by atoms with E-state index in [1.807, 2.05) is 0 Å². The number of anilines is 1. The number of hydrogen-bond acceptors (Lipinski definition) is 6. The lowest BCUT2D eigenvalue weighted by molar-refractivity contribution is -0.153. The Hall–Kier alpha value is -2.29. The quantitative estimate of drug-likeness (QED) is 0.674. The maximum atomic E-state index is 11.9. The van der Waals surface area contributed by atoms with Crippen molar-refractivity contribution in [3.8, 4) is 5.75 Å². The number of carbonyl (C=O) groups excluding carboxylic acids is 3. The Balaban J connectivity index is 1.86. The van der Waals surface area contributed by atoms with Gasteiger partial charge >= 0.3 is 5.97 Å². The van der Waals surface area contributed by atoms with E-state index in [1.54, 1.807) is 11.4 Å². The van der Waals surface area contributed by atoms with E-state index < -0.39 is 30.5 Å². The molecule has 138 valence electrons. The van der Waals surface area contributed by atoms with Gasteiger partial charge in [-0.05, 0) is 36.6 Å². The molecule has 2 rings (SSSR count). The lowest BCUT2D eigenvalue weighted by atomic mass is 10.3. The van der Waals surface area contributed by atoms with Gasteiger partial charge in [0, 0.05) is 5.02 Å². The monoisotopic (exact) mass is 416 g/mol. The molecule has 1 aromatic heterocycles. The first kappa shape index (κ1) is 20.0. The molecular weight excluding hydrogens is 403 g/mol. The van der Waals surface area contributed by atoms with Crippen LogP contribution in [0.1, 0.15) is 17.3 Å². The van der Waals surface area contributed by atoms with Crippen LogP contribution in [0.4, 0.5) is 5.00 Å². The summed E-state index contributed by atoms with van der Waals surface area (Å²) >= 11 is 12.9. The predicted octanol–water partition coefficient (Wildman–Crippen LogP) is 3.10. The van der Waals surface area contributed by atoms with Crippen LogP contribution in [-0.2, 0) is 14.3 Å². The molecule has 2 aromatic rings. The number of primary amides is 1. The van der Waals surface area contributed by atoms with Gasteiger partial charge < -0.3 is 20.5 Å². The molecule has 1 aromatic carbocycles. The Bertz CT molecular complexity index is 840. The molecule has 0 aliphatic rings. The van der Waals surface area contributed by atoms with Crippen LogP contribution in [0.15, 0.2) is 29.6 Å². The van der Waals surface area contributed by atoms with Crippen molar-refractivity contribution < 1.29 is 23.9 Å². The number of hydrogen-bond donors (Lipinski definition) is 2. The maximum absolute atomic E-state index is 11.9. The van der Waals surface area contributed by atoms with Crippen molar-refractivity contribution in [1.29, 1.82) is 0 Å². The van der Waals surface area contributed by atoms with Crippen LogP contribution >= 0.6 is 34.5 Å². The van der Waals surface area contributed by atoms with Gasteiger partial charge in [0.2, 0.25) is 0 Å². The number of rotatable bonds is 7. The van der Waals surface area contributed by atoms with E-state index in [0.29, 0.717) is 5.02 Å². The second-order valence-corrected chi connectivity index (χ2v) is 6.78. The second-order valence-electron chi connectivity index (χ2n) is 5.02. The predicted molar refractivity (Wildman–Crippen MR) is 99.0 cm³/mol. The summed E-state index contributed by atoms with van der Waals surface area (Å²) in [6, 6.07) is 6.04. The number of esters is 1. The average Bonchev–Trinajstić information content (AvgIpc) is 3.03. The second kappa shape index (κ2) is 8.88. The zero-order valence-corrected chi connectivity index (χ0v) is 15.8. The molecule has 0 saturated carbocycles. The van der Waals surface area contributed by atoms with E-state index in [1.165, 1.54) is 25.1 Å². The topological polar surface area (TPSA) is 108 Å². The van der Waals surface area contributed by atoms with E-state index >= 15 is 0 Å².